The van der Waals surface area contributed by atoms with Crippen LogP contribution in [-0.2, 0) is 19.7 Å². The zero-order valence-corrected chi connectivity index (χ0v) is 32.2. The predicted octanol–water partition coefficient (Wildman–Crippen LogP) is 6.82. The fraction of sp³-hybridized carbons (Fsp3) is 0.100. The third-order valence-electron chi connectivity index (χ3n) is 8.99. The Morgan fingerprint density at radius 2 is 0.893 bits per heavy atom. The second-order valence-corrected chi connectivity index (χ2v) is 16.8. The number of hydrazine groups is 1. The van der Waals surface area contributed by atoms with E-state index in [2.05, 4.69) is 0 Å². The summed E-state index contributed by atoms with van der Waals surface area (Å²) < 4.78 is 64.6. The number of rotatable bonds is 11. The minimum absolute atomic E-state index is 0.176. The molecule has 0 radical (unpaired) electrons. The Balaban J connectivity index is 1.37. The van der Waals surface area contributed by atoms with Gasteiger partial charge in [-0.2, -0.15) is 9.97 Å². The van der Waals surface area contributed by atoms with E-state index in [1.807, 2.05) is 84.9 Å². The normalized spacial score (nSPS) is 11.9. The third kappa shape index (κ3) is 6.86. The van der Waals surface area contributed by atoms with E-state index in [0.29, 0.717) is 56.7 Å². The highest BCUT2D eigenvalue weighted by Crippen LogP contribution is 2.38. The first-order valence-electron chi connectivity index (χ1n) is 17.1. The minimum Gasteiger partial charge on any atom is -0.497 e. The van der Waals surface area contributed by atoms with E-state index in [1.165, 1.54) is 12.5 Å². The number of methoxy groups -OCH3 is 2. The second-order valence-electron chi connectivity index (χ2n) is 12.8. The van der Waals surface area contributed by atoms with Gasteiger partial charge in [0.05, 0.1) is 46.8 Å². The van der Waals surface area contributed by atoms with Gasteiger partial charge in [-0.3, -0.25) is 0 Å². The van der Waals surface area contributed by atoms with Crippen molar-refractivity contribution in [3.63, 3.8) is 0 Å². The number of pyridine rings is 2. The van der Waals surface area contributed by atoms with Gasteiger partial charge in [-0.25, -0.2) is 35.9 Å². The summed E-state index contributed by atoms with van der Waals surface area (Å²) in [6, 6.07) is 39.0. The molecule has 0 bridgehead atoms. The molecule has 0 saturated heterocycles. The number of ether oxygens (including phenoxy) is 2. The Hall–Kier alpha value is -6.78. The summed E-state index contributed by atoms with van der Waals surface area (Å²) >= 11 is 0. The average molecular weight is 787 g/mol. The van der Waals surface area contributed by atoms with Crippen molar-refractivity contribution in [2.75, 3.05) is 36.7 Å². The molecule has 4 aromatic heterocycles. The Kier molecular flexibility index (Phi) is 9.14. The fourth-order valence-electron chi connectivity index (χ4n) is 6.30. The zero-order chi connectivity index (χ0) is 39.2. The molecular formula is C40H34N8O6S2. The number of sulfone groups is 2. The molecule has 0 atom stereocenters. The van der Waals surface area contributed by atoms with Crippen LogP contribution in [0.3, 0.4) is 0 Å². The number of hydrogen-bond donors (Lipinski definition) is 0. The smallest absolute Gasteiger partial charge is 0.269 e. The molecule has 0 aliphatic carbocycles. The summed E-state index contributed by atoms with van der Waals surface area (Å²) in [5, 5.41) is 13.6. The van der Waals surface area contributed by atoms with E-state index < -0.39 is 19.7 Å². The van der Waals surface area contributed by atoms with Gasteiger partial charge < -0.3 is 9.47 Å². The molecule has 8 rings (SSSR count). The number of nitrogens with zero attached hydrogens (tertiary/aromatic N) is 8. The molecule has 4 heterocycles. The molecule has 16 heteroatoms. The first-order chi connectivity index (χ1) is 26.9. The van der Waals surface area contributed by atoms with Gasteiger partial charge in [0.25, 0.3) is 11.9 Å². The average Bonchev–Trinajstić information content (AvgIpc) is 3.84. The molecular weight excluding hydrogens is 753 g/mol. The highest BCUT2D eigenvalue weighted by molar-refractivity contribution is 7.91. The Morgan fingerprint density at radius 3 is 1.29 bits per heavy atom. The lowest BCUT2D eigenvalue weighted by Gasteiger charge is -2.33. The number of aromatic nitrogens is 6. The van der Waals surface area contributed by atoms with Crippen LogP contribution in [0.25, 0.3) is 33.8 Å². The van der Waals surface area contributed by atoms with Gasteiger partial charge in [-0.05, 0) is 72.8 Å². The lowest BCUT2D eigenvalue weighted by Crippen LogP contribution is -2.37. The van der Waals surface area contributed by atoms with Crippen LogP contribution < -0.4 is 19.5 Å². The molecule has 0 fully saturated rings. The highest BCUT2D eigenvalue weighted by atomic mass is 32.2. The molecule has 56 heavy (non-hydrogen) atoms. The topological polar surface area (TPSA) is 154 Å². The molecule has 0 saturated carbocycles. The number of anilines is 4. The predicted molar refractivity (Wildman–Crippen MR) is 213 cm³/mol. The molecule has 14 nitrogen and oxygen atoms in total. The van der Waals surface area contributed by atoms with Gasteiger partial charge in [0, 0.05) is 35.8 Å². The quantitative estimate of drug-likeness (QED) is 0.126. The Morgan fingerprint density at radius 1 is 0.500 bits per heavy atom. The van der Waals surface area contributed by atoms with E-state index >= 15 is 0 Å². The highest BCUT2D eigenvalue weighted by Gasteiger charge is 2.30. The van der Waals surface area contributed by atoms with Crippen molar-refractivity contribution in [2.45, 2.75) is 9.79 Å². The van der Waals surface area contributed by atoms with Crippen LogP contribution in [0.1, 0.15) is 0 Å². The van der Waals surface area contributed by atoms with Crippen molar-refractivity contribution in [3.8, 4) is 34.0 Å². The standard InChI is InChI=1S/C40H34N8O6S2/c1-53-31-15-7-13-29(25-31)47(39-41-37-21-9-19-35(45(37)43-39)27-11-5-17-33(23-27)55(3,49)50)48(30-14-8-16-32(26-30)54-2)40-42-38-22-10-20-36(46(38)44-40)28-12-6-18-34(24-28)56(4,51)52/h5-26H,1-4H3. The van der Waals surface area contributed by atoms with E-state index in [1.54, 1.807) is 81.8 Å². The summed E-state index contributed by atoms with van der Waals surface area (Å²) in [4.78, 5) is 10.3. The van der Waals surface area contributed by atoms with Crippen molar-refractivity contribution in [2.24, 2.45) is 0 Å². The maximum atomic E-state index is 12.5. The second kappa shape index (κ2) is 14.1. The van der Waals surface area contributed by atoms with Crippen LogP contribution in [0.5, 0.6) is 11.5 Å². The largest absolute Gasteiger partial charge is 0.497 e. The minimum atomic E-state index is -3.48. The summed E-state index contributed by atoms with van der Waals surface area (Å²) in [5.74, 6) is 1.56. The number of hydrogen-bond acceptors (Lipinski definition) is 12. The summed E-state index contributed by atoms with van der Waals surface area (Å²) in [7, 11) is -3.81. The van der Waals surface area contributed by atoms with Crippen LogP contribution >= 0.6 is 0 Å². The summed E-state index contributed by atoms with van der Waals surface area (Å²) in [5.41, 5.74) is 4.61. The SMILES string of the molecule is COc1cccc(N(c2nc3cccc(-c4cccc(S(C)(=O)=O)c4)n3n2)N(c2cccc(OC)c2)c2nc3cccc(-c4cccc(S(C)(=O)=O)c4)n3n2)c1. The van der Waals surface area contributed by atoms with Crippen LogP contribution in [0, 0.1) is 0 Å². The fourth-order valence-corrected chi connectivity index (χ4v) is 7.64. The van der Waals surface area contributed by atoms with E-state index in [4.69, 9.17) is 29.6 Å². The number of benzene rings is 4. The maximum absolute atomic E-state index is 12.5. The van der Waals surface area contributed by atoms with Crippen LogP contribution in [0.2, 0.25) is 0 Å². The first-order valence-corrected chi connectivity index (χ1v) is 20.9. The van der Waals surface area contributed by atoms with Crippen LogP contribution in [0.15, 0.2) is 143 Å². The summed E-state index contributed by atoms with van der Waals surface area (Å²) in [6.07, 6.45) is 2.34. The van der Waals surface area contributed by atoms with Gasteiger partial charge in [0.15, 0.2) is 31.0 Å². The maximum Gasteiger partial charge on any atom is 0.269 e. The van der Waals surface area contributed by atoms with Gasteiger partial charge in [-0.15, -0.1) is 10.2 Å². The van der Waals surface area contributed by atoms with E-state index in [9.17, 15) is 16.8 Å². The molecule has 0 amide bonds. The van der Waals surface area contributed by atoms with E-state index in [-0.39, 0.29) is 21.7 Å². The molecule has 0 aliphatic heterocycles. The molecule has 8 aromatic rings. The Bertz CT molecular complexity index is 2800. The van der Waals surface area contributed by atoms with Gasteiger partial charge in [0.2, 0.25) is 0 Å². The molecule has 0 unspecified atom stereocenters. The first kappa shape index (κ1) is 36.2. The monoisotopic (exact) mass is 786 g/mol. The summed E-state index contributed by atoms with van der Waals surface area (Å²) in [6.45, 7) is 0. The lowest BCUT2D eigenvalue weighted by atomic mass is 10.1. The van der Waals surface area contributed by atoms with Gasteiger partial charge in [0.1, 0.15) is 11.5 Å². The van der Waals surface area contributed by atoms with Gasteiger partial charge in [-0.1, -0.05) is 48.5 Å². The van der Waals surface area contributed by atoms with Crippen LogP contribution in [-0.4, -0.2) is 72.8 Å². The molecule has 282 valence electrons. The van der Waals surface area contributed by atoms with Gasteiger partial charge >= 0.3 is 0 Å². The lowest BCUT2D eigenvalue weighted by molar-refractivity contribution is 0.414. The van der Waals surface area contributed by atoms with Crippen molar-refractivity contribution < 1.29 is 26.3 Å². The van der Waals surface area contributed by atoms with E-state index in [0.717, 1.165) is 0 Å². The van der Waals surface area contributed by atoms with Crippen LogP contribution in [0.4, 0.5) is 23.3 Å². The molecule has 0 aliphatic rings. The molecule has 4 aromatic carbocycles. The van der Waals surface area contributed by atoms with Crippen molar-refractivity contribution in [1.82, 2.24) is 29.2 Å². The number of fused-ring (bicyclic) bond motifs is 2. The van der Waals surface area contributed by atoms with Crippen molar-refractivity contribution >= 4 is 54.2 Å². The molecule has 0 spiro atoms. The Labute approximate surface area is 322 Å². The molecule has 0 N–H and O–H groups in total. The zero-order valence-electron chi connectivity index (χ0n) is 30.5. The third-order valence-corrected chi connectivity index (χ3v) is 11.2. The van der Waals surface area contributed by atoms with Crippen molar-refractivity contribution in [1.29, 1.82) is 0 Å². The van der Waals surface area contributed by atoms with Crippen molar-refractivity contribution in [3.05, 3.63) is 133 Å².